The first-order valence-corrected chi connectivity index (χ1v) is 14.9. The van der Waals surface area contributed by atoms with E-state index in [1.54, 1.807) is 0 Å². The van der Waals surface area contributed by atoms with Gasteiger partial charge in [-0.2, -0.15) is 4.58 Å². The Hall–Kier alpha value is -3.44. The lowest BCUT2D eigenvalue weighted by Crippen LogP contribution is -2.28. The largest absolute Gasteiger partial charge is 0.355 e. The predicted octanol–water partition coefficient (Wildman–Crippen LogP) is 6.51. The van der Waals surface area contributed by atoms with Crippen LogP contribution in [0.4, 0.5) is 11.4 Å². The molecular formula is C35H47N4O+. The highest BCUT2D eigenvalue weighted by Gasteiger charge is 2.43. The van der Waals surface area contributed by atoms with E-state index in [4.69, 9.17) is 5.73 Å². The summed E-state index contributed by atoms with van der Waals surface area (Å²) in [6.45, 7) is 14.4. The Labute approximate surface area is 241 Å². The normalized spacial score (nSPS) is 18.2. The lowest BCUT2D eigenvalue weighted by molar-refractivity contribution is -0.438. The van der Waals surface area contributed by atoms with Crippen molar-refractivity contribution in [3.8, 4) is 0 Å². The summed E-state index contributed by atoms with van der Waals surface area (Å²) >= 11 is 0. The molecule has 0 atom stereocenters. The molecule has 0 saturated carbocycles. The highest BCUT2D eigenvalue weighted by atomic mass is 16.1. The lowest BCUT2D eigenvalue weighted by atomic mass is 9.81. The number of rotatable bonds is 12. The first-order chi connectivity index (χ1) is 19.2. The van der Waals surface area contributed by atoms with Crippen LogP contribution in [0.15, 0.2) is 84.6 Å². The summed E-state index contributed by atoms with van der Waals surface area (Å²) in [4.78, 5) is 14.3. The van der Waals surface area contributed by atoms with Gasteiger partial charge < -0.3 is 16.0 Å². The van der Waals surface area contributed by atoms with E-state index in [0.717, 1.165) is 32.4 Å². The molecule has 0 spiro atoms. The Balaban J connectivity index is 1.49. The summed E-state index contributed by atoms with van der Waals surface area (Å²) in [5.41, 5.74) is 13.4. The number of hydrogen-bond donors (Lipinski definition) is 2. The number of nitrogens with zero attached hydrogens (tertiary/aromatic N) is 2. The van der Waals surface area contributed by atoms with Crippen molar-refractivity contribution in [1.82, 2.24) is 5.32 Å². The Morgan fingerprint density at radius 3 is 2.40 bits per heavy atom. The molecular weight excluding hydrogens is 492 g/mol. The van der Waals surface area contributed by atoms with E-state index in [1.807, 2.05) is 0 Å². The van der Waals surface area contributed by atoms with Crippen LogP contribution in [0.5, 0.6) is 0 Å². The van der Waals surface area contributed by atoms with Crippen LogP contribution in [0.25, 0.3) is 0 Å². The number of anilines is 1. The number of likely N-dealkylation sites (N-methyl/N-ethyl adjacent to an activating group) is 1. The van der Waals surface area contributed by atoms with Crippen molar-refractivity contribution >= 4 is 23.0 Å². The molecule has 2 aromatic rings. The third-order valence-electron chi connectivity index (χ3n) is 8.40. The van der Waals surface area contributed by atoms with Crippen LogP contribution < -0.4 is 16.0 Å². The zero-order chi connectivity index (χ0) is 28.8. The minimum atomic E-state index is -0.0738. The highest BCUT2D eigenvalue weighted by Crippen LogP contribution is 2.47. The second-order valence-electron chi connectivity index (χ2n) is 11.8. The molecule has 3 N–H and O–H groups in total. The van der Waals surface area contributed by atoms with Crippen molar-refractivity contribution in [2.45, 2.75) is 71.1 Å². The minimum Gasteiger partial charge on any atom is -0.355 e. The zero-order valence-corrected chi connectivity index (χ0v) is 25.0. The molecule has 2 aliphatic heterocycles. The molecule has 0 saturated heterocycles. The number of nitrogens with two attached hydrogens (primary N) is 1. The second kappa shape index (κ2) is 12.8. The number of para-hydroxylation sites is 2. The van der Waals surface area contributed by atoms with Crippen LogP contribution in [-0.2, 0) is 15.6 Å². The molecule has 2 aromatic carbocycles. The van der Waals surface area contributed by atoms with E-state index in [2.05, 4.69) is 128 Å². The zero-order valence-electron chi connectivity index (χ0n) is 25.0. The topological polar surface area (TPSA) is 61.4 Å². The molecule has 0 bridgehead atoms. The molecule has 0 radical (unpaired) electrons. The van der Waals surface area contributed by atoms with Crippen LogP contribution in [-0.4, -0.2) is 42.4 Å². The molecule has 5 heteroatoms. The van der Waals surface area contributed by atoms with Crippen LogP contribution in [0, 0.1) is 0 Å². The van der Waals surface area contributed by atoms with Crippen molar-refractivity contribution in [2.24, 2.45) is 5.73 Å². The van der Waals surface area contributed by atoms with Crippen LogP contribution in [0.1, 0.15) is 71.4 Å². The van der Waals surface area contributed by atoms with Gasteiger partial charge in [0.15, 0.2) is 5.71 Å². The molecule has 0 aromatic heterocycles. The van der Waals surface area contributed by atoms with Crippen LogP contribution >= 0.6 is 0 Å². The van der Waals surface area contributed by atoms with Crippen molar-refractivity contribution in [1.29, 1.82) is 0 Å². The van der Waals surface area contributed by atoms with E-state index in [0.29, 0.717) is 19.5 Å². The molecule has 0 unspecified atom stereocenters. The number of hydrogen-bond acceptors (Lipinski definition) is 3. The number of carbonyl (C=O) groups excluding carboxylic acids is 1. The summed E-state index contributed by atoms with van der Waals surface area (Å²) < 4.78 is 2.47. The molecule has 0 fully saturated rings. The number of allylic oxidation sites excluding steroid dienone is 6. The SMILES string of the molecule is CCN1/C(=C/C=C/C=C/C2=[N+](CCCCCC(=O)NCCN)c3ccccc3C2(C)C)C(C)(C)c2ccccc21. The summed E-state index contributed by atoms with van der Waals surface area (Å²) in [5.74, 6) is 0.0990. The lowest BCUT2D eigenvalue weighted by Gasteiger charge is -2.25. The second-order valence-corrected chi connectivity index (χ2v) is 11.8. The van der Waals surface area contributed by atoms with Gasteiger partial charge in [0.2, 0.25) is 11.6 Å². The predicted molar refractivity (Wildman–Crippen MR) is 169 cm³/mol. The van der Waals surface area contributed by atoms with E-state index < -0.39 is 0 Å². The third kappa shape index (κ3) is 6.00. The number of unbranched alkanes of at least 4 members (excludes halogenated alkanes) is 2. The quantitative estimate of drug-likeness (QED) is 0.184. The van der Waals surface area contributed by atoms with Gasteiger partial charge in [0.1, 0.15) is 6.54 Å². The number of fused-ring (bicyclic) bond motifs is 2. The minimum absolute atomic E-state index is 0.0214. The highest BCUT2D eigenvalue weighted by molar-refractivity contribution is 6.03. The molecule has 4 rings (SSSR count). The molecule has 2 heterocycles. The van der Waals surface area contributed by atoms with Gasteiger partial charge in [0.05, 0.1) is 5.41 Å². The van der Waals surface area contributed by atoms with Gasteiger partial charge in [0.25, 0.3) is 0 Å². The van der Waals surface area contributed by atoms with Crippen molar-refractivity contribution in [2.75, 3.05) is 31.1 Å². The number of nitrogens with one attached hydrogen (secondary N) is 1. The first-order valence-electron chi connectivity index (χ1n) is 14.9. The van der Waals surface area contributed by atoms with Gasteiger partial charge in [0, 0.05) is 67.0 Å². The van der Waals surface area contributed by atoms with Crippen LogP contribution in [0.2, 0.25) is 0 Å². The van der Waals surface area contributed by atoms with E-state index >= 15 is 0 Å². The number of amides is 1. The summed E-state index contributed by atoms with van der Waals surface area (Å²) in [5, 5.41) is 2.86. The van der Waals surface area contributed by atoms with E-state index in [1.165, 1.54) is 33.9 Å². The smallest absolute Gasteiger partial charge is 0.220 e. The maximum Gasteiger partial charge on any atom is 0.220 e. The molecule has 0 aliphatic carbocycles. The van der Waals surface area contributed by atoms with E-state index in [9.17, 15) is 4.79 Å². The Morgan fingerprint density at radius 1 is 0.925 bits per heavy atom. The average molecular weight is 540 g/mol. The van der Waals surface area contributed by atoms with Crippen molar-refractivity contribution in [3.63, 3.8) is 0 Å². The fourth-order valence-corrected chi connectivity index (χ4v) is 6.25. The molecule has 2 aliphatic rings. The van der Waals surface area contributed by atoms with Gasteiger partial charge in [-0.3, -0.25) is 4.79 Å². The van der Waals surface area contributed by atoms with Gasteiger partial charge >= 0.3 is 0 Å². The fraction of sp³-hybridized carbons (Fsp3) is 0.429. The van der Waals surface area contributed by atoms with Crippen molar-refractivity contribution < 1.29 is 9.37 Å². The number of carbonyl (C=O) groups is 1. The average Bonchev–Trinajstić information content (AvgIpc) is 3.30. The molecule has 5 nitrogen and oxygen atoms in total. The monoisotopic (exact) mass is 539 g/mol. The van der Waals surface area contributed by atoms with Gasteiger partial charge in [-0.25, -0.2) is 0 Å². The van der Waals surface area contributed by atoms with Gasteiger partial charge in [-0.1, -0.05) is 68.5 Å². The Bertz CT molecular complexity index is 1330. The Morgan fingerprint density at radius 2 is 1.65 bits per heavy atom. The summed E-state index contributed by atoms with van der Waals surface area (Å²) in [7, 11) is 0. The third-order valence-corrected chi connectivity index (χ3v) is 8.40. The number of benzene rings is 2. The maximum atomic E-state index is 11.9. The molecule has 1 amide bonds. The van der Waals surface area contributed by atoms with Crippen LogP contribution in [0.3, 0.4) is 0 Å². The standard InChI is InChI=1S/C35H46N4O/c1-6-38-29-19-14-12-17-27(29)34(2,3)31(38)21-9-7-10-22-32-35(4,5)28-18-13-15-20-30(28)39(32)26-16-8-11-23-33(40)37-25-24-36/h7,9-10,12-15,17-22H,6,8,11,16,23-26,36H2,1-5H3/p+1. The van der Waals surface area contributed by atoms with Gasteiger partial charge in [-0.05, 0) is 51.3 Å². The van der Waals surface area contributed by atoms with Crippen molar-refractivity contribution in [3.05, 3.63) is 95.7 Å². The molecule has 212 valence electrons. The maximum absolute atomic E-state index is 11.9. The van der Waals surface area contributed by atoms with E-state index in [-0.39, 0.29) is 16.7 Å². The molecule has 40 heavy (non-hydrogen) atoms. The summed E-state index contributed by atoms with van der Waals surface area (Å²) in [6.07, 6.45) is 14.6. The van der Waals surface area contributed by atoms with Gasteiger partial charge in [-0.15, -0.1) is 0 Å². The Kier molecular flexibility index (Phi) is 9.47. The first kappa shape index (κ1) is 29.5. The summed E-state index contributed by atoms with van der Waals surface area (Å²) in [6, 6.07) is 17.5. The fourth-order valence-electron chi connectivity index (χ4n) is 6.25.